The molecule has 1 fully saturated rings. The highest BCUT2D eigenvalue weighted by molar-refractivity contribution is 5.90. The zero-order valence-corrected chi connectivity index (χ0v) is 19.1. The Morgan fingerprint density at radius 3 is 2.61 bits per heavy atom. The number of carbonyl (C=O) groups is 2. The van der Waals surface area contributed by atoms with E-state index in [4.69, 9.17) is 4.74 Å². The Hall–Kier alpha value is -3.67. The second-order valence-corrected chi connectivity index (χ2v) is 8.15. The van der Waals surface area contributed by atoms with Crippen LogP contribution in [0.25, 0.3) is 11.1 Å². The molecular weight excluding hydrogens is 414 g/mol. The van der Waals surface area contributed by atoms with Crippen LogP contribution in [0.3, 0.4) is 0 Å². The number of carbonyl (C=O) groups excluding carboxylic acids is 2. The first kappa shape index (κ1) is 22.5. The van der Waals surface area contributed by atoms with Crippen molar-refractivity contribution in [3.63, 3.8) is 0 Å². The average Bonchev–Trinajstić information content (AvgIpc) is 2.86. The monoisotopic (exact) mass is 443 g/mol. The van der Waals surface area contributed by atoms with E-state index in [1.54, 1.807) is 24.4 Å². The Morgan fingerprint density at radius 1 is 1.06 bits per heavy atom. The summed E-state index contributed by atoms with van der Waals surface area (Å²) in [6, 6.07) is 19.0. The van der Waals surface area contributed by atoms with Crippen molar-refractivity contribution >= 4 is 11.8 Å². The second-order valence-electron chi connectivity index (χ2n) is 8.15. The number of rotatable bonds is 7. The Bertz CT molecular complexity index is 1120. The third-order valence-corrected chi connectivity index (χ3v) is 6.20. The molecule has 33 heavy (non-hydrogen) atoms. The van der Waals surface area contributed by atoms with Gasteiger partial charge in [-0.05, 0) is 53.4 Å². The van der Waals surface area contributed by atoms with E-state index < -0.39 is 6.04 Å². The maximum atomic E-state index is 13.4. The molecule has 2 amide bonds. The molecule has 3 aromatic rings. The van der Waals surface area contributed by atoms with Crippen LogP contribution in [0, 0.1) is 0 Å². The molecule has 0 aliphatic carbocycles. The van der Waals surface area contributed by atoms with Crippen LogP contribution < -0.4 is 4.74 Å². The number of hydrogen-bond acceptors (Lipinski definition) is 4. The summed E-state index contributed by atoms with van der Waals surface area (Å²) < 4.78 is 5.29. The zero-order chi connectivity index (χ0) is 23.2. The van der Waals surface area contributed by atoms with E-state index in [2.05, 4.69) is 11.1 Å². The summed E-state index contributed by atoms with van der Waals surface area (Å²) in [4.78, 5) is 34.5. The number of ether oxygens (including phenoxy) is 1. The minimum absolute atomic E-state index is 0.00673. The molecule has 4 rings (SSSR count). The molecule has 6 heteroatoms. The molecular formula is C27H29N3O3. The number of nitrogens with zero attached hydrogens (tertiary/aromatic N) is 3. The Balaban J connectivity index is 1.62. The maximum absolute atomic E-state index is 13.4. The minimum Gasteiger partial charge on any atom is -0.497 e. The first-order valence-corrected chi connectivity index (χ1v) is 11.3. The molecule has 1 saturated heterocycles. The lowest BCUT2D eigenvalue weighted by atomic mass is 9.93. The molecule has 0 spiro atoms. The Labute approximate surface area is 194 Å². The molecule has 1 aromatic heterocycles. The van der Waals surface area contributed by atoms with E-state index in [1.807, 2.05) is 66.4 Å². The highest BCUT2D eigenvalue weighted by Gasteiger charge is 2.37. The van der Waals surface area contributed by atoms with Crippen molar-refractivity contribution in [3.8, 4) is 16.9 Å². The van der Waals surface area contributed by atoms with E-state index in [0.29, 0.717) is 26.1 Å². The summed E-state index contributed by atoms with van der Waals surface area (Å²) in [5, 5.41) is 0. The molecule has 2 aromatic carbocycles. The van der Waals surface area contributed by atoms with E-state index in [1.165, 1.54) is 0 Å². The van der Waals surface area contributed by atoms with Gasteiger partial charge in [-0.3, -0.25) is 14.6 Å². The van der Waals surface area contributed by atoms with Gasteiger partial charge in [-0.15, -0.1) is 0 Å². The van der Waals surface area contributed by atoms with Crippen LogP contribution in [0.5, 0.6) is 5.75 Å². The highest BCUT2D eigenvalue weighted by atomic mass is 16.5. The van der Waals surface area contributed by atoms with Crippen molar-refractivity contribution in [2.24, 2.45) is 0 Å². The predicted molar refractivity (Wildman–Crippen MR) is 128 cm³/mol. The smallest absolute Gasteiger partial charge is 0.245 e. The standard InChI is InChI=1S/C27H29N3O3/c1-3-29-15-16-30(26(31)18-20-7-6-9-23(17-20)33-2)25(27(29)32)19-22-8-4-5-10-24(22)21-11-13-28-14-12-21/h4-14,17,25H,3,15-16,18-19H2,1-2H3. The average molecular weight is 444 g/mol. The van der Waals surface area contributed by atoms with Crippen molar-refractivity contribution in [1.82, 2.24) is 14.8 Å². The van der Waals surface area contributed by atoms with E-state index in [9.17, 15) is 9.59 Å². The van der Waals surface area contributed by atoms with Crippen LogP contribution in [0.15, 0.2) is 73.1 Å². The maximum Gasteiger partial charge on any atom is 0.245 e. The normalized spacial score (nSPS) is 16.1. The van der Waals surface area contributed by atoms with Gasteiger partial charge in [0.2, 0.25) is 11.8 Å². The van der Waals surface area contributed by atoms with Crippen molar-refractivity contribution in [2.75, 3.05) is 26.7 Å². The molecule has 0 N–H and O–H groups in total. The van der Waals surface area contributed by atoms with Crippen LogP contribution in [0.4, 0.5) is 0 Å². The van der Waals surface area contributed by atoms with Crippen LogP contribution in [-0.2, 0) is 22.4 Å². The lowest BCUT2D eigenvalue weighted by Gasteiger charge is -2.40. The van der Waals surface area contributed by atoms with Gasteiger partial charge < -0.3 is 14.5 Å². The number of aromatic nitrogens is 1. The van der Waals surface area contributed by atoms with Gasteiger partial charge in [-0.1, -0.05) is 36.4 Å². The van der Waals surface area contributed by atoms with Crippen LogP contribution in [0.2, 0.25) is 0 Å². The highest BCUT2D eigenvalue weighted by Crippen LogP contribution is 2.27. The van der Waals surface area contributed by atoms with Gasteiger partial charge in [0.25, 0.3) is 0 Å². The molecule has 170 valence electrons. The summed E-state index contributed by atoms with van der Waals surface area (Å²) in [7, 11) is 1.61. The van der Waals surface area contributed by atoms with Gasteiger partial charge in [-0.2, -0.15) is 0 Å². The molecule has 1 aliphatic rings. The lowest BCUT2D eigenvalue weighted by molar-refractivity contribution is -0.150. The van der Waals surface area contributed by atoms with E-state index in [-0.39, 0.29) is 18.2 Å². The third-order valence-electron chi connectivity index (χ3n) is 6.20. The van der Waals surface area contributed by atoms with E-state index >= 15 is 0 Å². The molecule has 6 nitrogen and oxygen atoms in total. The number of amides is 2. The number of pyridine rings is 1. The first-order chi connectivity index (χ1) is 16.1. The van der Waals surface area contributed by atoms with Crippen LogP contribution in [-0.4, -0.2) is 59.4 Å². The number of likely N-dealkylation sites (N-methyl/N-ethyl adjacent to an activating group) is 1. The predicted octanol–water partition coefficient (Wildman–Crippen LogP) is 3.60. The van der Waals surface area contributed by atoms with Gasteiger partial charge in [0, 0.05) is 38.4 Å². The Kier molecular flexibility index (Phi) is 7.03. The van der Waals surface area contributed by atoms with Crippen molar-refractivity contribution in [1.29, 1.82) is 0 Å². The summed E-state index contributed by atoms with van der Waals surface area (Å²) in [6.45, 7) is 3.71. The number of hydrogen-bond donors (Lipinski definition) is 0. The molecule has 1 atom stereocenters. The number of methoxy groups -OCH3 is 1. The minimum atomic E-state index is -0.528. The third kappa shape index (κ3) is 5.06. The largest absolute Gasteiger partial charge is 0.497 e. The molecule has 1 unspecified atom stereocenters. The molecule has 0 bridgehead atoms. The molecule has 2 heterocycles. The summed E-state index contributed by atoms with van der Waals surface area (Å²) in [5.74, 6) is 0.682. The van der Waals surface area contributed by atoms with Crippen molar-refractivity contribution < 1.29 is 14.3 Å². The number of benzene rings is 2. The topological polar surface area (TPSA) is 62.7 Å². The zero-order valence-electron chi connectivity index (χ0n) is 19.1. The van der Waals surface area contributed by atoms with Crippen molar-refractivity contribution in [3.05, 3.63) is 84.2 Å². The summed E-state index contributed by atoms with van der Waals surface area (Å²) in [6.07, 6.45) is 4.23. The summed E-state index contributed by atoms with van der Waals surface area (Å²) >= 11 is 0. The van der Waals surface area contributed by atoms with Gasteiger partial charge >= 0.3 is 0 Å². The molecule has 0 radical (unpaired) electrons. The summed E-state index contributed by atoms with van der Waals surface area (Å²) in [5.41, 5.74) is 4.02. The lowest BCUT2D eigenvalue weighted by Crippen LogP contribution is -2.59. The van der Waals surface area contributed by atoms with Crippen LogP contribution in [0.1, 0.15) is 18.1 Å². The molecule has 1 aliphatic heterocycles. The van der Waals surface area contributed by atoms with Gasteiger partial charge in [0.15, 0.2) is 0 Å². The fourth-order valence-corrected chi connectivity index (χ4v) is 4.43. The van der Waals surface area contributed by atoms with Gasteiger partial charge in [0.05, 0.1) is 13.5 Å². The molecule has 0 saturated carbocycles. The Morgan fingerprint density at radius 2 is 1.85 bits per heavy atom. The SMILES string of the molecule is CCN1CCN(C(=O)Cc2cccc(OC)c2)C(Cc2ccccc2-c2ccncc2)C1=O. The van der Waals surface area contributed by atoms with E-state index in [0.717, 1.165) is 28.0 Å². The quantitative estimate of drug-likeness (QED) is 0.560. The second kappa shape index (κ2) is 10.3. The number of piperazine rings is 1. The van der Waals surface area contributed by atoms with Gasteiger partial charge in [-0.25, -0.2) is 0 Å². The fraction of sp³-hybridized carbons (Fsp3) is 0.296. The first-order valence-electron chi connectivity index (χ1n) is 11.3. The van der Waals surface area contributed by atoms with Crippen molar-refractivity contribution in [2.45, 2.75) is 25.8 Å². The van der Waals surface area contributed by atoms with Gasteiger partial charge in [0.1, 0.15) is 11.8 Å². The fourth-order valence-electron chi connectivity index (χ4n) is 4.43. The van der Waals surface area contributed by atoms with Crippen LogP contribution >= 0.6 is 0 Å².